The molecule has 4 nitrogen and oxygen atoms in total. The van der Waals surface area contributed by atoms with Crippen LogP contribution in [-0.4, -0.2) is 21.0 Å². The van der Waals surface area contributed by atoms with Gasteiger partial charge in [0.15, 0.2) is 0 Å². The number of carbonyl (C=O) groups is 1. The largest absolute Gasteiger partial charge is 0.478 e. The first-order valence-electron chi connectivity index (χ1n) is 7.11. The monoisotopic (exact) mass is 302 g/mol. The number of hydrogen-bond acceptors (Lipinski definition) is 3. The van der Waals surface area contributed by atoms with Gasteiger partial charge in [0.1, 0.15) is 0 Å². The Balaban J connectivity index is 0.000000140. The Morgan fingerprint density at radius 1 is 0.826 bits per heavy atom. The molecule has 0 amide bonds. The van der Waals surface area contributed by atoms with Crippen LogP contribution in [-0.2, 0) is 0 Å². The highest BCUT2D eigenvalue weighted by Crippen LogP contribution is 2.12. The van der Waals surface area contributed by atoms with Crippen LogP contribution in [0.3, 0.4) is 0 Å². The van der Waals surface area contributed by atoms with Gasteiger partial charge < -0.3 is 5.11 Å². The fourth-order valence-corrected chi connectivity index (χ4v) is 2.21. The number of carboxylic acid groups (broad SMARTS) is 1. The molecule has 1 N–H and O–H groups in total. The summed E-state index contributed by atoms with van der Waals surface area (Å²) in [6.45, 7) is 0. The van der Waals surface area contributed by atoms with E-state index in [-0.39, 0.29) is 5.56 Å². The quantitative estimate of drug-likeness (QED) is 0.573. The molecule has 0 aliphatic carbocycles. The van der Waals surface area contributed by atoms with Gasteiger partial charge in [-0.25, -0.2) is 4.79 Å². The van der Waals surface area contributed by atoms with Gasteiger partial charge in [-0.1, -0.05) is 42.5 Å². The minimum absolute atomic E-state index is 0.221. The third-order valence-corrected chi connectivity index (χ3v) is 3.39. The van der Waals surface area contributed by atoms with Gasteiger partial charge >= 0.3 is 5.97 Å². The van der Waals surface area contributed by atoms with Gasteiger partial charge in [-0.15, -0.1) is 0 Å². The van der Waals surface area contributed by atoms with Gasteiger partial charge in [0.05, 0.1) is 11.1 Å². The van der Waals surface area contributed by atoms with Gasteiger partial charge in [0.25, 0.3) is 0 Å². The van der Waals surface area contributed by atoms with Crippen molar-refractivity contribution in [1.82, 2.24) is 9.97 Å². The lowest BCUT2D eigenvalue weighted by Crippen LogP contribution is -1.96. The van der Waals surface area contributed by atoms with E-state index >= 15 is 0 Å². The molecule has 2 heterocycles. The van der Waals surface area contributed by atoms with Gasteiger partial charge in [0.2, 0.25) is 0 Å². The lowest BCUT2D eigenvalue weighted by molar-refractivity contribution is 0.0696. The summed E-state index contributed by atoms with van der Waals surface area (Å²) in [6.07, 6.45) is 5.04. The van der Waals surface area contributed by atoms with Crippen molar-refractivity contribution in [3.8, 4) is 0 Å². The van der Waals surface area contributed by atoms with Crippen molar-refractivity contribution < 1.29 is 9.90 Å². The number of nitrogens with zero attached hydrogens (tertiary/aromatic N) is 2. The highest BCUT2D eigenvalue weighted by molar-refractivity contribution is 5.92. The maximum absolute atomic E-state index is 10.6. The van der Waals surface area contributed by atoms with E-state index in [1.807, 2.05) is 54.9 Å². The summed E-state index contributed by atoms with van der Waals surface area (Å²) in [6, 6.07) is 19.2. The Hall–Kier alpha value is -3.27. The van der Waals surface area contributed by atoms with Crippen molar-refractivity contribution in [3.63, 3.8) is 0 Å². The molecular weight excluding hydrogens is 288 g/mol. The molecule has 0 spiro atoms. The molecule has 0 saturated heterocycles. The van der Waals surface area contributed by atoms with E-state index in [4.69, 9.17) is 5.11 Å². The first-order chi connectivity index (χ1) is 11.2. The van der Waals surface area contributed by atoms with Crippen LogP contribution in [0.2, 0.25) is 0 Å². The smallest absolute Gasteiger partial charge is 0.337 e. The predicted octanol–water partition coefficient (Wildman–Crippen LogP) is 4.17. The number of pyridine rings is 2. The molecule has 0 atom stereocenters. The highest BCUT2D eigenvalue weighted by atomic mass is 16.4. The second kappa shape index (κ2) is 6.66. The van der Waals surface area contributed by atoms with Crippen LogP contribution >= 0.6 is 0 Å². The molecular formula is C19H14N2O2. The average Bonchev–Trinajstić information content (AvgIpc) is 2.62. The second-order valence-electron chi connectivity index (χ2n) is 4.94. The minimum atomic E-state index is -0.946. The lowest BCUT2D eigenvalue weighted by atomic mass is 10.2. The van der Waals surface area contributed by atoms with Gasteiger partial charge in [-0.2, -0.15) is 0 Å². The van der Waals surface area contributed by atoms with Crippen molar-refractivity contribution in [1.29, 1.82) is 0 Å². The number of aromatic carboxylic acids is 1. The zero-order valence-corrected chi connectivity index (χ0v) is 12.3. The molecule has 4 rings (SSSR count). The topological polar surface area (TPSA) is 63.1 Å². The molecule has 23 heavy (non-hydrogen) atoms. The van der Waals surface area contributed by atoms with Crippen LogP contribution in [0.1, 0.15) is 10.4 Å². The number of benzene rings is 2. The molecule has 0 saturated carbocycles. The van der Waals surface area contributed by atoms with Crippen LogP contribution in [0.5, 0.6) is 0 Å². The van der Waals surface area contributed by atoms with Gasteiger partial charge in [-0.05, 0) is 29.0 Å². The van der Waals surface area contributed by atoms with E-state index in [0.29, 0.717) is 0 Å². The highest BCUT2D eigenvalue weighted by Gasteiger charge is 2.03. The predicted molar refractivity (Wildman–Crippen MR) is 90.4 cm³/mol. The molecule has 0 radical (unpaired) electrons. The molecule has 0 aliphatic rings. The number of hydrogen-bond donors (Lipinski definition) is 1. The van der Waals surface area contributed by atoms with Crippen molar-refractivity contribution in [2.24, 2.45) is 0 Å². The molecule has 4 aromatic rings. The van der Waals surface area contributed by atoms with Gasteiger partial charge in [0, 0.05) is 24.0 Å². The fraction of sp³-hybridized carbons (Fsp3) is 0. The molecule has 2 aromatic carbocycles. The molecule has 112 valence electrons. The van der Waals surface area contributed by atoms with Crippen molar-refractivity contribution in [3.05, 3.63) is 84.8 Å². The maximum atomic E-state index is 10.6. The zero-order chi connectivity index (χ0) is 16.1. The molecule has 2 aromatic heterocycles. The third-order valence-electron chi connectivity index (χ3n) is 3.39. The molecule has 0 unspecified atom stereocenters. The summed E-state index contributed by atoms with van der Waals surface area (Å²) in [5, 5.41) is 12.0. The summed E-state index contributed by atoms with van der Waals surface area (Å²) < 4.78 is 0. The number of carboxylic acids is 1. The summed E-state index contributed by atoms with van der Waals surface area (Å²) in [5.41, 5.74) is 1.03. The Morgan fingerprint density at radius 2 is 1.52 bits per heavy atom. The van der Waals surface area contributed by atoms with E-state index < -0.39 is 5.97 Å². The average molecular weight is 302 g/mol. The Bertz CT molecular complexity index is 902. The Kier molecular flexibility index (Phi) is 4.25. The Labute approximate surface area is 133 Å². The third kappa shape index (κ3) is 3.49. The SMILES string of the molecule is O=C(O)c1cnc2ccccc2c1.c1ccc2cnccc2c1. The van der Waals surface area contributed by atoms with E-state index in [1.165, 1.54) is 17.0 Å². The number of fused-ring (bicyclic) bond motifs is 2. The van der Waals surface area contributed by atoms with Crippen LogP contribution in [0, 0.1) is 0 Å². The normalized spacial score (nSPS) is 10.1. The second-order valence-corrected chi connectivity index (χ2v) is 4.94. The first-order valence-corrected chi connectivity index (χ1v) is 7.11. The van der Waals surface area contributed by atoms with Crippen LogP contribution in [0.4, 0.5) is 0 Å². The Morgan fingerprint density at radius 3 is 2.26 bits per heavy atom. The van der Waals surface area contributed by atoms with Crippen molar-refractivity contribution in [2.45, 2.75) is 0 Å². The summed E-state index contributed by atoms with van der Waals surface area (Å²) >= 11 is 0. The standard InChI is InChI=1S/C10H7NO2.C9H7N/c12-10(13)8-5-7-3-1-2-4-9(7)11-6-8;1-2-4-9-7-10-6-5-8(9)3-1/h1-6H,(H,12,13);1-7H. The van der Waals surface area contributed by atoms with Crippen LogP contribution < -0.4 is 0 Å². The van der Waals surface area contributed by atoms with E-state index in [2.05, 4.69) is 22.1 Å². The van der Waals surface area contributed by atoms with Crippen molar-refractivity contribution >= 4 is 27.6 Å². The molecule has 0 bridgehead atoms. The van der Waals surface area contributed by atoms with E-state index in [1.54, 1.807) is 6.07 Å². The molecule has 0 fully saturated rings. The van der Waals surface area contributed by atoms with Gasteiger partial charge in [-0.3, -0.25) is 9.97 Å². The summed E-state index contributed by atoms with van der Waals surface area (Å²) in [4.78, 5) is 18.6. The zero-order valence-electron chi connectivity index (χ0n) is 12.3. The number of aromatic nitrogens is 2. The van der Waals surface area contributed by atoms with E-state index in [9.17, 15) is 4.79 Å². The number of para-hydroxylation sites is 1. The minimum Gasteiger partial charge on any atom is -0.478 e. The number of rotatable bonds is 1. The van der Waals surface area contributed by atoms with Crippen LogP contribution in [0.15, 0.2) is 79.3 Å². The molecule has 0 aliphatic heterocycles. The summed E-state index contributed by atoms with van der Waals surface area (Å²) in [5.74, 6) is -0.946. The van der Waals surface area contributed by atoms with E-state index in [0.717, 1.165) is 10.9 Å². The first kappa shape index (κ1) is 14.7. The maximum Gasteiger partial charge on any atom is 0.337 e. The van der Waals surface area contributed by atoms with Crippen LogP contribution in [0.25, 0.3) is 21.7 Å². The van der Waals surface area contributed by atoms with Crippen molar-refractivity contribution in [2.75, 3.05) is 0 Å². The fourth-order valence-electron chi connectivity index (χ4n) is 2.21. The lowest BCUT2D eigenvalue weighted by Gasteiger charge is -1.97. The summed E-state index contributed by atoms with van der Waals surface area (Å²) in [7, 11) is 0. The molecule has 4 heteroatoms.